The minimum absolute atomic E-state index is 0.00278. The number of rotatable bonds is 2. The van der Waals surface area contributed by atoms with Crippen molar-refractivity contribution in [1.82, 2.24) is 0 Å². The Hall–Kier alpha value is -5.93. The van der Waals surface area contributed by atoms with E-state index in [1.807, 2.05) is 0 Å². The van der Waals surface area contributed by atoms with Gasteiger partial charge in [0.1, 0.15) is 0 Å². The lowest BCUT2D eigenvalue weighted by Crippen LogP contribution is -2.68. The Labute approximate surface area is 300 Å². The average Bonchev–Trinajstić information content (AvgIpc) is 3.15. The van der Waals surface area contributed by atoms with Crippen LogP contribution in [0.25, 0.3) is 11.1 Å². The summed E-state index contributed by atoms with van der Waals surface area (Å²) in [5.41, 5.74) is 24.6. The van der Waals surface area contributed by atoms with E-state index >= 15 is 0 Å². The Kier molecular flexibility index (Phi) is 5.83. The third kappa shape index (κ3) is 3.86. The molecule has 0 amide bonds. The van der Waals surface area contributed by atoms with Crippen LogP contribution in [-0.4, -0.2) is 13.6 Å². The van der Waals surface area contributed by atoms with E-state index in [1.54, 1.807) is 0 Å². The van der Waals surface area contributed by atoms with Gasteiger partial charge in [0.2, 0.25) is 0 Å². The van der Waals surface area contributed by atoms with E-state index in [1.165, 1.54) is 106 Å². The lowest BCUT2D eigenvalue weighted by atomic mass is 9.31. The van der Waals surface area contributed by atoms with Crippen LogP contribution in [0.4, 0.5) is 45.5 Å². The smallest absolute Gasteiger partial charge is 0.333 e. The zero-order valence-corrected chi connectivity index (χ0v) is 29.3. The summed E-state index contributed by atoms with van der Waals surface area (Å²) >= 11 is 0. The molecular formula is C46H35B2N3. The molecule has 0 atom stereocenters. The van der Waals surface area contributed by atoms with E-state index in [2.05, 4.69) is 182 Å². The predicted molar refractivity (Wildman–Crippen MR) is 218 cm³/mol. The molecule has 0 saturated heterocycles. The number of para-hydroxylation sites is 2. The Morgan fingerprint density at radius 1 is 0.392 bits per heavy atom. The molecule has 7 aromatic rings. The molecule has 7 aromatic carbocycles. The van der Waals surface area contributed by atoms with Gasteiger partial charge in [-0.1, -0.05) is 96.1 Å². The first-order valence-corrected chi connectivity index (χ1v) is 18.1. The van der Waals surface area contributed by atoms with Gasteiger partial charge < -0.3 is 14.6 Å². The van der Waals surface area contributed by atoms with Gasteiger partial charge in [0.25, 0.3) is 6.71 Å². The van der Waals surface area contributed by atoms with Crippen molar-refractivity contribution in [1.29, 1.82) is 0 Å². The number of fused-ring (bicyclic) bond motifs is 10. The highest BCUT2D eigenvalue weighted by Crippen LogP contribution is 2.50. The molecule has 0 aromatic heterocycles. The molecule has 5 heteroatoms. The van der Waals surface area contributed by atoms with E-state index in [0.717, 1.165) is 0 Å². The van der Waals surface area contributed by atoms with E-state index in [0.29, 0.717) is 0 Å². The zero-order valence-electron chi connectivity index (χ0n) is 29.3. The summed E-state index contributed by atoms with van der Waals surface area (Å²) in [5, 5.41) is 0. The molecule has 3 nitrogen and oxygen atoms in total. The fourth-order valence-electron chi connectivity index (χ4n) is 9.48. The molecule has 0 fully saturated rings. The summed E-state index contributed by atoms with van der Waals surface area (Å²) in [5.74, 6) is 0. The number of nitrogens with zero attached hydrogens (tertiary/aromatic N) is 3. The van der Waals surface area contributed by atoms with Crippen LogP contribution < -0.4 is 41.9 Å². The van der Waals surface area contributed by atoms with Crippen molar-refractivity contribution < 1.29 is 0 Å². The molecule has 4 heterocycles. The standard InChI is InChI=1S/C46H35B2N3/c1-28-14-19-32(20-15-28)49-41-25-30(3)16-21-36(41)47-37-22-17-31(4)26-42(37)50-40-23-18-29(2)24-38(40)48-44-35(27-43(49)45(47)46(44)50)34-12-8-9-13-39(34)51(48)33-10-6-5-7-11-33/h5-27H,1-4H3. The van der Waals surface area contributed by atoms with Gasteiger partial charge in [-0.2, -0.15) is 0 Å². The maximum absolute atomic E-state index is 2.63. The van der Waals surface area contributed by atoms with Gasteiger partial charge in [0, 0.05) is 51.1 Å². The van der Waals surface area contributed by atoms with E-state index < -0.39 is 0 Å². The lowest BCUT2D eigenvalue weighted by molar-refractivity contribution is 1.23. The fraction of sp³-hybridized carbons (Fsp3) is 0.0870. The molecule has 0 spiro atoms. The molecule has 0 radical (unpaired) electrons. The molecule has 240 valence electrons. The molecule has 0 N–H and O–H groups in total. The SMILES string of the molecule is Cc1ccc(N2c3cc(C)ccc3B3c4ccc(C)cc4N4c5ccc(C)cc5B5c6c(cc2c3c64)-c2ccccc2N5c2ccccc2)cc1. The number of hydrogen-bond acceptors (Lipinski definition) is 3. The van der Waals surface area contributed by atoms with Crippen LogP contribution in [-0.2, 0) is 0 Å². The summed E-state index contributed by atoms with van der Waals surface area (Å²) in [6.45, 7) is 8.96. The molecular weight excluding hydrogens is 616 g/mol. The van der Waals surface area contributed by atoms with Crippen molar-refractivity contribution in [3.63, 3.8) is 0 Å². The van der Waals surface area contributed by atoms with Crippen LogP contribution >= 0.6 is 0 Å². The second kappa shape index (κ2) is 10.3. The third-order valence-corrected chi connectivity index (χ3v) is 11.6. The highest BCUT2D eigenvalue weighted by atomic mass is 15.2. The van der Waals surface area contributed by atoms with Gasteiger partial charge in [-0.15, -0.1) is 0 Å². The van der Waals surface area contributed by atoms with Gasteiger partial charge >= 0.3 is 6.85 Å². The lowest BCUT2D eigenvalue weighted by Gasteiger charge is -2.51. The minimum Gasteiger partial charge on any atom is -0.376 e. The molecule has 4 aliphatic rings. The molecule has 11 rings (SSSR count). The Balaban J connectivity index is 1.34. The number of hydrogen-bond donors (Lipinski definition) is 0. The van der Waals surface area contributed by atoms with Crippen molar-refractivity contribution >= 4 is 86.4 Å². The summed E-state index contributed by atoms with van der Waals surface area (Å²) in [7, 11) is 0. The van der Waals surface area contributed by atoms with E-state index in [-0.39, 0.29) is 13.6 Å². The van der Waals surface area contributed by atoms with Gasteiger partial charge in [0.05, 0.1) is 0 Å². The molecule has 51 heavy (non-hydrogen) atoms. The quantitative estimate of drug-likeness (QED) is 0.175. The highest BCUT2D eigenvalue weighted by Gasteiger charge is 2.52. The first kappa shape index (κ1) is 28.9. The van der Waals surface area contributed by atoms with Gasteiger partial charge in [-0.25, -0.2) is 0 Å². The third-order valence-electron chi connectivity index (χ3n) is 11.6. The Morgan fingerprint density at radius 3 is 1.76 bits per heavy atom. The minimum atomic E-state index is 0.00278. The first-order chi connectivity index (χ1) is 25.0. The van der Waals surface area contributed by atoms with Gasteiger partial charge in [0.15, 0.2) is 0 Å². The van der Waals surface area contributed by atoms with Gasteiger partial charge in [-0.05, 0) is 126 Å². The van der Waals surface area contributed by atoms with Crippen molar-refractivity contribution in [2.45, 2.75) is 27.7 Å². The van der Waals surface area contributed by atoms with Crippen LogP contribution in [0.5, 0.6) is 0 Å². The number of benzene rings is 7. The predicted octanol–water partition coefficient (Wildman–Crippen LogP) is 8.24. The molecule has 0 aliphatic carbocycles. The summed E-state index contributed by atoms with van der Waals surface area (Å²) in [6, 6.07) is 53.0. The molecule has 0 bridgehead atoms. The Morgan fingerprint density at radius 2 is 1.02 bits per heavy atom. The second-order valence-corrected chi connectivity index (χ2v) is 14.9. The zero-order chi connectivity index (χ0) is 34.1. The van der Waals surface area contributed by atoms with Crippen LogP contribution in [0.15, 0.2) is 140 Å². The van der Waals surface area contributed by atoms with E-state index in [9.17, 15) is 0 Å². The topological polar surface area (TPSA) is 9.72 Å². The summed E-state index contributed by atoms with van der Waals surface area (Å²) in [4.78, 5) is 7.79. The van der Waals surface area contributed by atoms with Crippen molar-refractivity contribution in [3.8, 4) is 11.1 Å². The maximum Gasteiger partial charge on any atom is 0.333 e. The van der Waals surface area contributed by atoms with Crippen molar-refractivity contribution in [3.05, 3.63) is 162 Å². The average molecular weight is 651 g/mol. The normalized spacial score (nSPS) is 14.1. The Bertz CT molecular complexity index is 2600. The van der Waals surface area contributed by atoms with E-state index in [4.69, 9.17) is 0 Å². The van der Waals surface area contributed by atoms with Crippen LogP contribution in [0.2, 0.25) is 0 Å². The van der Waals surface area contributed by atoms with Crippen molar-refractivity contribution in [2.24, 2.45) is 0 Å². The monoisotopic (exact) mass is 651 g/mol. The van der Waals surface area contributed by atoms with Crippen LogP contribution in [0, 0.1) is 27.7 Å². The molecule has 0 saturated carbocycles. The maximum atomic E-state index is 2.63. The van der Waals surface area contributed by atoms with Crippen molar-refractivity contribution in [2.75, 3.05) is 14.6 Å². The van der Waals surface area contributed by atoms with Crippen LogP contribution in [0.1, 0.15) is 22.3 Å². The highest BCUT2D eigenvalue weighted by molar-refractivity contribution is 7.02. The molecule has 0 unspecified atom stereocenters. The number of aryl methyl sites for hydroxylation is 4. The second-order valence-electron chi connectivity index (χ2n) is 14.9. The van der Waals surface area contributed by atoms with Gasteiger partial charge in [-0.3, -0.25) is 0 Å². The summed E-state index contributed by atoms with van der Waals surface area (Å²) < 4.78 is 0. The fourth-order valence-corrected chi connectivity index (χ4v) is 9.48. The molecule has 4 aliphatic heterocycles. The van der Waals surface area contributed by atoms with Crippen LogP contribution in [0.3, 0.4) is 0 Å². The number of anilines is 8. The largest absolute Gasteiger partial charge is 0.376 e. The first-order valence-electron chi connectivity index (χ1n) is 18.1. The summed E-state index contributed by atoms with van der Waals surface area (Å²) in [6.07, 6.45) is 0.